The number of halogens is 3. The lowest BCUT2D eigenvalue weighted by Gasteiger charge is -2.12. The maximum absolute atomic E-state index is 14.2. The van der Waals surface area contributed by atoms with Gasteiger partial charge >= 0.3 is 0 Å². The number of para-hydroxylation sites is 3. The van der Waals surface area contributed by atoms with Gasteiger partial charge in [0.15, 0.2) is 11.6 Å². The molecule has 0 saturated heterocycles. The fourth-order valence-electron chi connectivity index (χ4n) is 4.58. The molecule has 2 heterocycles. The molecule has 0 atom stereocenters. The minimum atomic E-state index is -0.396. The van der Waals surface area contributed by atoms with Crippen molar-refractivity contribution >= 4 is 28.3 Å². The van der Waals surface area contributed by atoms with E-state index >= 15 is 0 Å². The number of tetrazole rings is 2. The van der Waals surface area contributed by atoms with E-state index < -0.39 is 5.82 Å². The molecule has 0 bridgehead atoms. The van der Waals surface area contributed by atoms with Crippen molar-refractivity contribution in [1.82, 2.24) is 40.4 Å². The largest absolute Gasteiger partial charge is 0.398 e. The number of anilines is 1. The van der Waals surface area contributed by atoms with Crippen molar-refractivity contribution in [3.8, 4) is 45.3 Å². The van der Waals surface area contributed by atoms with Crippen molar-refractivity contribution in [2.24, 2.45) is 0 Å². The summed E-state index contributed by atoms with van der Waals surface area (Å²) >= 11 is 2.20. The number of benzene rings is 5. The highest BCUT2D eigenvalue weighted by atomic mass is 127. The zero-order valence-corrected chi connectivity index (χ0v) is 25.0. The number of nitrogen functional groups attached to an aromatic ring is 1. The summed E-state index contributed by atoms with van der Waals surface area (Å²) in [5.74, 6) is 0.216. The van der Waals surface area contributed by atoms with Crippen LogP contribution in [0.3, 0.4) is 0 Å². The van der Waals surface area contributed by atoms with E-state index in [1.807, 2.05) is 72.8 Å². The van der Waals surface area contributed by atoms with E-state index in [-0.39, 0.29) is 5.82 Å². The molecule has 7 rings (SSSR count). The summed E-state index contributed by atoms with van der Waals surface area (Å²) in [5, 5.41) is 23.3. The second-order valence-corrected chi connectivity index (χ2v) is 10.5. The average Bonchev–Trinajstić information content (AvgIpc) is 3.73. The van der Waals surface area contributed by atoms with E-state index in [4.69, 9.17) is 5.73 Å². The number of nitrogens with zero attached hydrogens (tertiary/aromatic N) is 8. The number of hydrogen-bond donors (Lipinski definition) is 1. The highest BCUT2D eigenvalue weighted by Gasteiger charge is 2.18. The topological polar surface area (TPSA) is 113 Å². The minimum Gasteiger partial charge on any atom is -0.398 e. The standard InChI is InChI=1S/C19H14FN5.C13H8FIN4/c20-16-10-4-6-12-18(16)25-19(22-23-24-25)15-9-2-1-7-13(15)14-8-3-5-11-17(14)21;14-10-6-2-4-8-12(10)19-13(16-17-18-19)9-5-1-3-7-11(9)15/h1-12H,21H2;1-8H. The van der Waals surface area contributed by atoms with E-state index in [1.165, 1.54) is 21.5 Å². The molecule has 0 aliphatic heterocycles. The Kier molecular flexibility index (Phi) is 8.41. The van der Waals surface area contributed by atoms with E-state index in [0.29, 0.717) is 28.7 Å². The molecule has 7 aromatic rings. The molecule has 44 heavy (non-hydrogen) atoms. The van der Waals surface area contributed by atoms with Gasteiger partial charge in [-0.05, 0) is 85.4 Å². The summed E-state index contributed by atoms with van der Waals surface area (Å²) < 4.78 is 31.8. The molecular weight excluding hydrogens is 675 g/mol. The first kappa shape index (κ1) is 28.7. The van der Waals surface area contributed by atoms with Gasteiger partial charge < -0.3 is 5.73 Å². The Morgan fingerprint density at radius 2 is 0.932 bits per heavy atom. The monoisotopic (exact) mass is 697 g/mol. The Labute approximate surface area is 264 Å². The Bertz CT molecular complexity index is 2000. The van der Waals surface area contributed by atoms with E-state index in [2.05, 4.69) is 53.6 Å². The summed E-state index contributed by atoms with van der Waals surface area (Å²) in [7, 11) is 0. The van der Waals surface area contributed by atoms with Crippen molar-refractivity contribution in [2.45, 2.75) is 0 Å². The fraction of sp³-hybridized carbons (Fsp3) is 0. The summed E-state index contributed by atoms with van der Waals surface area (Å²) in [6.07, 6.45) is 0. The predicted octanol–water partition coefficient (Wildman–Crippen LogP) is 6.79. The molecule has 216 valence electrons. The smallest absolute Gasteiger partial charge is 0.188 e. The number of nitrogens with two attached hydrogens (primary N) is 1. The SMILES string of the molecule is Fc1ccccc1-n1nnnc1-c1ccccc1I.Nc1ccccc1-c1ccccc1-c1nnnn1-c1ccccc1F. The van der Waals surface area contributed by atoms with Crippen LogP contribution in [0.2, 0.25) is 0 Å². The lowest BCUT2D eigenvalue weighted by atomic mass is 9.98. The van der Waals surface area contributed by atoms with Gasteiger partial charge in [0.1, 0.15) is 23.0 Å². The summed E-state index contributed by atoms with van der Waals surface area (Å²) in [4.78, 5) is 0. The molecule has 12 heteroatoms. The van der Waals surface area contributed by atoms with Gasteiger partial charge in [0.25, 0.3) is 0 Å². The lowest BCUT2D eigenvalue weighted by Crippen LogP contribution is -2.03. The van der Waals surface area contributed by atoms with Crippen LogP contribution in [0.5, 0.6) is 0 Å². The van der Waals surface area contributed by atoms with Crippen LogP contribution < -0.4 is 5.73 Å². The molecule has 0 saturated carbocycles. The first-order valence-corrected chi connectivity index (χ1v) is 14.4. The van der Waals surface area contributed by atoms with Gasteiger partial charge in [-0.3, -0.25) is 0 Å². The molecule has 2 aromatic heterocycles. The van der Waals surface area contributed by atoms with Crippen molar-refractivity contribution in [1.29, 1.82) is 0 Å². The minimum absolute atomic E-state index is 0.290. The average molecular weight is 697 g/mol. The van der Waals surface area contributed by atoms with Crippen LogP contribution in [-0.2, 0) is 0 Å². The Balaban J connectivity index is 0.000000162. The number of rotatable bonds is 5. The van der Waals surface area contributed by atoms with Gasteiger partial charge in [0.2, 0.25) is 0 Å². The normalized spacial score (nSPS) is 10.7. The van der Waals surface area contributed by atoms with Gasteiger partial charge in [-0.1, -0.05) is 84.9 Å². The molecule has 0 aliphatic rings. The molecule has 0 aliphatic carbocycles. The Hall–Kier alpha value is -5.37. The number of hydrogen-bond acceptors (Lipinski definition) is 7. The van der Waals surface area contributed by atoms with Crippen LogP contribution >= 0.6 is 22.6 Å². The molecule has 0 fully saturated rings. The van der Waals surface area contributed by atoms with Gasteiger partial charge in [0, 0.05) is 25.9 Å². The van der Waals surface area contributed by atoms with Gasteiger partial charge in [-0.25, -0.2) is 8.78 Å². The second-order valence-electron chi connectivity index (χ2n) is 9.34. The van der Waals surface area contributed by atoms with Crippen LogP contribution in [0, 0.1) is 15.2 Å². The maximum atomic E-state index is 14.2. The fourth-order valence-corrected chi connectivity index (χ4v) is 5.21. The summed E-state index contributed by atoms with van der Waals surface area (Å²) in [6.45, 7) is 0. The third kappa shape index (κ3) is 5.79. The van der Waals surface area contributed by atoms with Crippen LogP contribution in [0.25, 0.3) is 45.3 Å². The molecule has 0 amide bonds. The third-order valence-corrected chi connectivity index (χ3v) is 7.57. The van der Waals surface area contributed by atoms with Crippen LogP contribution in [0.4, 0.5) is 14.5 Å². The van der Waals surface area contributed by atoms with Crippen LogP contribution in [0.15, 0.2) is 121 Å². The van der Waals surface area contributed by atoms with Gasteiger partial charge in [-0.15, -0.1) is 10.2 Å². The second kappa shape index (κ2) is 12.9. The van der Waals surface area contributed by atoms with Crippen molar-refractivity contribution < 1.29 is 8.78 Å². The molecule has 9 nitrogen and oxygen atoms in total. The van der Waals surface area contributed by atoms with Crippen molar-refractivity contribution in [2.75, 3.05) is 5.73 Å². The van der Waals surface area contributed by atoms with Crippen molar-refractivity contribution in [3.63, 3.8) is 0 Å². The van der Waals surface area contributed by atoms with E-state index in [1.54, 1.807) is 36.4 Å². The molecule has 0 unspecified atom stereocenters. The third-order valence-electron chi connectivity index (χ3n) is 6.63. The zero-order valence-electron chi connectivity index (χ0n) is 22.8. The van der Waals surface area contributed by atoms with E-state index in [9.17, 15) is 8.78 Å². The molecule has 5 aromatic carbocycles. The summed E-state index contributed by atoms with van der Waals surface area (Å²) in [5.41, 5.74) is 10.8. The van der Waals surface area contributed by atoms with Gasteiger partial charge in [-0.2, -0.15) is 9.36 Å². The van der Waals surface area contributed by atoms with Gasteiger partial charge in [0.05, 0.1) is 0 Å². The summed E-state index contributed by atoms with van der Waals surface area (Å²) in [6, 6.07) is 35.7. The molecular formula is C32H22F2IN9. The molecule has 0 radical (unpaired) electrons. The zero-order chi connectivity index (χ0) is 30.5. The van der Waals surface area contributed by atoms with Crippen molar-refractivity contribution in [3.05, 3.63) is 137 Å². The molecule has 0 spiro atoms. The lowest BCUT2D eigenvalue weighted by molar-refractivity contribution is 0.607. The molecule has 2 N–H and O–H groups in total. The maximum Gasteiger partial charge on any atom is 0.188 e. The van der Waals surface area contributed by atoms with E-state index in [0.717, 1.165) is 25.8 Å². The van der Waals surface area contributed by atoms with Crippen LogP contribution in [0.1, 0.15) is 0 Å². The first-order valence-electron chi connectivity index (χ1n) is 13.3. The highest BCUT2D eigenvalue weighted by Crippen LogP contribution is 2.34. The van der Waals surface area contributed by atoms with Crippen LogP contribution in [-0.4, -0.2) is 40.4 Å². The predicted molar refractivity (Wildman–Crippen MR) is 172 cm³/mol. The number of aromatic nitrogens is 8. The Morgan fingerprint density at radius 3 is 1.48 bits per heavy atom. The Morgan fingerprint density at radius 1 is 0.500 bits per heavy atom. The quantitative estimate of drug-likeness (QED) is 0.156. The highest BCUT2D eigenvalue weighted by molar-refractivity contribution is 14.1. The first-order chi connectivity index (χ1) is 21.5.